The van der Waals surface area contributed by atoms with Gasteiger partial charge in [0.15, 0.2) is 12.2 Å². The largest absolute Gasteiger partial charge is 0.479 e. The monoisotopic (exact) mass is 424 g/mol. The van der Waals surface area contributed by atoms with Crippen LogP contribution in [0.3, 0.4) is 0 Å². The molecule has 0 radical (unpaired) electrons. The maximum absolute atomic E-state index is 12.9. The van der Waals surface area contributed by atoms with Crippen molar-refractivity contribution in [1.82, 2.24) is 0 Å². The van der Waals surface area contributed by atoms with E-state index in [0.717, 1.165) is 5.56 Å². The van der Waals surface area contributed by atoms with Gasteiger partial charge >= 0.3 is 5.97 Å². The van der Waals surface area contributed by atoms with Crippen LogP contribution in [0.5, 0.6) is 5.75 Å². The number of nitrogens with zero attached hydrogens (tertiary/aromatic N) is 1. The Kier molecular flexibility index (Phi) is 6.34. The smallest absolute Gasteiger partial charge is 0.347 e. The van der Waals surface area contributed by atoms with Crippen molar-refractivity contribution in [3.63, 3.8) is 0 Å². The quantitative estimate of drug-likeness (QED) is 0.741. The Balaban J connectivity index is 1.62. The van der Waals surface area contributed by atoms with Crippen LogP contribution in [0.1, 0.15) is 40.2 Å². The lowest BCUT2D eigenvalue weighted by atomic mass is 9.87. The first kappa shape index (κ1) is 22.3. The lowest BCUT2D eigenvalue weighted by Gasteiger charge is -2.31. The summed E-state index contributed by atoms with van der Waals surface area (Å²) in [6, 6.07) is 14.5. The molecule has 3 rings (SSSR count). The Morgan fingerprint density at radius 1 is 1.00 bits per heavy atom. The molecule has 7 nitrogen and oxygen atoms in total. The van der Waals surface area contributed by atoms with Crippen molar-refractivity contribution in [3.8, 4) is 5.75 Å². The van der Waals surface area contributed by atoms with E-state index >= 15 is 0 Å². The van der Waals surface area contributed by atoms with Crippen molar-refractivity contribution in [2.24, 2.45) is 0 Å². The number of ether oxygens (including phenoxy) is 2. The predicted molar refractivity (Wildman–Crippen MR) is 118 cm³/mol. The standard InChI is InChI=1S/C24H28N2O5/c1-15(22(28)26-14-21(27)25-19-8-6-7-9-20(19)26)31-23(29)16(2)30-18-12-10-17(11-13-18)24(3,4)5/h6-13,15-16H,14H2,1-5H3,(H,25,27)/t15-,16+/m1/s1. The van der Waals surface area contributed by atoms with E-state index in [1.165, 1.54) is 11.8 Å². The first-order valence-corrected chi connectivity index (χ1v) is 10.2. The second-order valence-corrected chi connectivity index (χ2v) is 8.60. The number of fused-ring (bicyclic) bond motifs is 1. The van der Waals surface area contributed by atoms with Crippen LogP contribution in [0.4, 0.5) is 11.4 Å². The SMILES string of the molecule is C[C@H](Oc1ccc(C(C)(C)C)cc1)C(=O)O[C@H](C)C(=O)N1CC(=O)Nc2ccccc21. The molecule has 1 aliphatic heterocycles. The van der Waals surface area contributed by atoms with Gasteiger partial charge in [-0.15, -0.1) is 0 Å². The minimum Gasteiger partial charge on any atom is -0.479 e. The van der Waals surface area contributed by atoms with Gasteiger partial charge in [-0.2, -0.15) is 0 Å². The Bertz CT molecular complexity index is 978. The summed E-state index contributed by atoms with van der Waals surface area (Å²) in [4.78, 5) is 38.6. The number of nitrogens with one attached hydrogen (secondary N) is 1. The van der Waals surface area contributed by atoms with Crippen LogP contribution < -0.4 is 15.0 Å². The van der Waals surface area contributed by atoms with Crippen LogP contribution >= 0.6 is 0 Å². The highest BCUT2D eigenvalue weighted by Gasteiger charge is 2.32. The van der Waals surface area contributed by atoms with Crippen LogP contribution in [0.15, 0.2) is 48.5 Å². The van der Waals surface area contributed by atoms with Crippen LogP contribution in [-0.2, 0) is 24.5 Å². The fourth-order valence-corrected chi connectivity index (χ4v) is 3.26. The molecule has 2 amide bonds. The first-order valence-electron chi connectivity index (χ1n) is 10.2. The van der Waals surface area contributed by atoms with Gasteiger partial charge in [-0.1, -0.05) is 45.0 Å². The molecule has 1 heterocycles. The van der Waals surface area contributed by atoms with Gasteiger partial charge in [0.25, 0.3) is 5.91 Å². The van der Waals surface area contributed by atoms with E-state index in [1.807, 2.05) is 24.3 Å². The fraction of sp³-hybridized carbons (Fsp3) is 0.375. The highest BCUT2D eigenvalue weighted by atomic mass is 16.6. The molecule has 2 aromatic rings. The Labute approximate surface area is 182 Å². The Morgan fingerprint density at radius 3 is 2.29 bits per heavy atom. The molecule has 0 unspecified atom stereocenters. The third-order valence-electron chi connectivity index (χ3n) is 5.04. The molecule has 2 aromatic carbocycles. The van der Waals surface area contributed by atoms with E-state index in [1.54, 1.807) is 31.2 Å². The number of anilines is 2. The number of hydrogen-bond acceptors (Lipinski definition) is 5. The number of para-hydroxylation sites is 2. The first-order chi connectivity index (χ1) is 14.6. The van der Waals surface area contributed by atoms with Crippen molar-refractivity contribution >= 4 is 29.2 Å². The number of carbonyl (C=O) groups excluding carboxylic acids is 3. The number of hydrogen-bond donors (Lipinski definition) is 1. The van der Waals surface area contributed by atoms with Crippen molar-refractivity contribution in [1.29, 1.82) is 0 Å². The second-order valence-electron chi connectivity index (χ2n) is 8.60. The lowest BCUT2D eigenvalue weighted by molar-refractivity contribution is -0.160. The van der Waals surface area contributed by atoms with E-state index in [9.17, 15) is 14.4 Å². The maximum atomic E-state index is 12.9. The summed E-state index contributed by atoms with van der Waals surface area (Å²) in [5.41, 5.74) is 2.28. The Hall–Kier alpha value is -3.35. The summed E-state index contributed by atoms with van der Waals surface area (Å²) < 4.78 is 11.0. The summed E-state index contributed by atoms with van der Waals surface area (Å²) >= 11 is 0. The fourth-order valence-electron chi connectivity index (χ4n) is 3.26. The molecule has 0 bridgehead atoms. The number of esters is 1. The van der Waals surface area contributed by atoms with Crippen LogP contribution in [-0.4, -0.2) is 36.5 Å². The van der Waals surface area contributed by atoms with Gasteiger partial charge in [0.05, 0.1) is 11.4 Å². The van der Waals surface area contributed by atoms with Crippen molar-refractivity contribution in [2.75, 3.05) is 16.8 Å². The summed E-state index contributed by atoms with van der Waals surface area (Å²) in [5.74, 6) is -0.896. The summed E-state index contributed by atoms with van der Waals surface area (Å²) in [7, 11) is 0. The van der Waals surface area contributed by atoms with Crippen LogP contribution in [0.25, 0.3) is 0 Å². The molecule has 0 saturated heterocycles. The molecule has 0 aromatic heterocycles. The van der Waals surface area contributed by atoms with Gasteiger partial charge in [-0.3, -0.25) is 14.5 Å². The summed E-state index contributed by atoms with van der Waals surface area (Å²) in [6.45, 7) is 9.27. The molecule has 7 heteroatoms. The zero-order chi connectivity index (χ0) is 22.8. The van der Waals surface area contributed by atoms with Gasteiger partial charge in [0.1, 0.15) is 12.3 Å². The van der Waals surface area contributed by atoms with E-state index < -0.39 is 24.1 Å². The Morgan fingerprint density at radius 2 is 1.65 bits per heavy atom. The predicted octanol–water partition coefficient (Wildman–Crippen LogP) is 3.67. The minimum absolute atomic E-state index is 0.0167. The molecule has 0 spiro atoms. The molecule has 164 valence electrons. The molecule has 1 aliphatic rings. The number of benzene rings is 2. The molecule has 31 heavy (non-hydrogen) atoms. The average molecular weight is 424 g/mol. The molecule has 0 fully saturated rings. The van der Waals surface area contributed by atoms with Gasteiger partial charge < -0.3 is 14.8 Å². The summed E-state index contributed by atoms with van der Waals surface area (Å²) in [5, 5.41) is 2.72. The van der Waals surface area contributed by atoms with Gasteiger partial charge in [-0.05, 0) is 49.1 Å². The third kappa shape index (κ3) is 5.23. The van der Waals surface area contributed by atoms with E-state index in [-0.39, 0.29) is 17.9 Å². The second kappa shape index (κ2) is 8.79. The van der Waals surface area contributed by atoms with E-state index in [4.69, 9.17) is 9.47 Å². The summed E-state index contributed by atoms with van der Waals surface area (Å²) in [6.07, 6.45) is -1.96. The molecule has 2 atom stereocenters. The molecule has 1 N–H and O–H groups in total. The third-order valence-corrected chi connectivity index (χ3v) is 5.04. The van der Waals surface area contributed by atoms with Gasteiger partial charge in [0.2, 0.25) is 5.91 Å². The minimum atomic E-state index is -1.07. The normalized spacial score (nSPS) is 15.4. The number of carbonyl (C=O) groups is 3. The highest BCUT2D eigenvalue weighted by Crippen LogP contribution is 2.29. The number of rotatable bonds is 5. The number of amides is 2. The van der Waals surface area contributed by atoms with Crippen molar-refractivity contribution < 1.29 is 23.9 Å². The molecule has 0 aliphatic carbocycles. The molecular formula is C24H28N2O5. The maximum Gasteiger partial charge on any atom is 0.347 e. The van der Waals surface area contributed by atoms with Gasteiger partial charge in [0, 0.05) is 0 Å². The van der Waals surface area contributed by atoms with E-state index in [0.29, 0.717) is 17.1 Å². The topological polar surface area (TPSA) is 84.9 Å². The lowest BCUT2D eigenvalue weighted by Crippen LogP contribution is -2.47. The molecule has 0 saturated carbocycles. The zero-order valence-corrected chi connectivity index (χ0v) is 18.5. The molecular weight excluding hydrogens is 396 g/mol. The highest BCUT2D eigenvalue weighted by molar-refractivity contribution is 6.11. The van der Waals surface area contributed by atoms with E-state index in [2.05, 4.69) is 26.1 Å². The van der Waals surface area contributed by atoms with Crippen LogP contribution in [0.2, 0.25) is 0 Å². The van der Waals surface area contributed by atoms with Crippen LogP contribution in [0, 0.1) is 0 Å². The zero-order valence-electron chi connectivity index (χ0n) is 18.5. The average Bonchev–Trinajstić information content (AvgIpc) is 2.72. The van der Waals surface area contributed by atoms with Crippen molar-refractivity contribution in [2.45, 2.75) is 52.2 Å². The van der Waals surface area contributed by atoms with Gasteiger partial charge in [-0.25, -0.2) is 4.79 Å². The van der Waals surface area contributed by atoms with Crippen molar-refractivity contribution in [3.05, 3.63) is 54.1 Å².